The number of Topliss-reactive ketones (excluding diaryl/α,β-unsaturated/α-hetero) is 1. The van der Waals surface area contributed by atoms with E-state index in [2.05, 4.69) is 0 Å². The van der Waals surface area contributed by atoms with Gasteiger partial charge >= 0.3 is 0 Å². The number of rotatable bonds is 5. The van der Waals surface area contributed by atoms with Gasteiger partial charge in [0, 0.05) is 32.9 Å². The van der Waals surface area contributed by atoms with Crippen LogP contribution >= 0.6 is 23.4 Å². The van der Waals surface area contributed by atoms with E-state index in [-0.39, 0.29) is 11.7 Å². The first-order valence-corrected chi connectivity index (χ1v) is 10.6. The fourth-order valence-corrected chi connectivity index (χ4v) is 4.33. The highest BCUT2D eigenvalue weighted by molar-refractivity contribution is 8.04. The van der Waals surface area contributed by atoms with Crippen LogP contribution in [0.3, 0.4) is 0 Å². The maximum Gasteiger partial charge on any atom is 0.262 e. The Morgan fingerprint density at radius 2 is 1.83 bits per heavy atom. The van der Waals surface area contributed by atoms with E-state index >= 15 is 0 Å². The molecule has 0 saturated heterocycles. The van der Waals surface area contributed by atoms with Gasteiger partial charge in [-0.3, -0.25) is 14.5 Å². The second-order valence-electron chi connectivity index (χ2n) is 6.53. The molecule has 4 rings (SSSR count). The van der Waals surface area contributed by atoms with Crippen LogP contribution < -0.4 is 9.64 Å². The lowest BCUT2D eigenvalue weighted by molar-refractivity contribution is 0.0997. The third kappa shape index (κ3) is 4.13. The van der Waals surface area contributed by atoms with Crippen LogP contribution in [0.2, 0.25) is 5.02 Å². The van der Waals surface area contributed by atoms with Crippen molar-refractivity contribution in [1.82, 2.24) is 0 Å². The molecule has 0 fully saturated rings. The van der Waals surface area contributed by atoms with Crippen molar-refractivity contribution in [3.63, 3.8) is 0 Å². The minimum atomic E-state index is -0.279. The third-order valence-corrected chi connectivity index (χ3v) is 5.86. The molecule has 30 heavy (non-hydrogen) atoms. The molecule has 0 saturated carbocycles. The number of carbonyl (C=O) groups excluding carboxylic acids is 2. The van der Waals surface area contributed by atoms with E-state index < -0.39 is 0 Å². The van der Waals surface area contributed by atoms with Gasteiger partial charge in [0.05, 0.1) is 11.5 Å². The summed E-state index contributed by atoms with van der Waals surface area (Å²) in [4.78, 5) is 29.0. The van der Waals surface area contributed by atoms with Crippen molar-refractivity contribution in [2.24, 2.45) is 0 Å². The number of ether oxygens (including phenoxy) is 1. The third-order valence-electron chi connectivity index (χ3n) is 4.54. The van der Waals surface area contributed by atoms with Crippen LogP contribution in [0.25, 0.3) is 0 Å². The molecule has 0 aromatic heterocycles. The molecular formula is C24H18ClNO3S. The Balaban J connectivity index is 1.74. The van der Waals surface area contributed by atoms with E-state index in [4.69, 9.17) is 16.3 Å². The molecule has 3 aromatic rings. The smallest absolute Gasteiger partial charge is 0.262 e. The summed E-state index contributed by atoms with van der Waals surface area (Å²) in [6, 6.07) is 21.4. The molecule has 0 bridgehead atoms. The SMILES string of the molecule is CCOc1ccc(N(/C=C2\Sc3ccccc3C2=O)C(=O)c2cccc(Cl)c2)cc1. The Labute approximate surface area is 184 Å². The van der Waals surface area contributed by atoms with Gasteiger partial charge in [0.25, 0.3) is 5.91 Å². The zero-order valence-corrected chi connectivity index (χ0v) is 17.7. The Hall–Kier alpha value is -3.02. The standard InChI is InChI=1S/C24H18ClNO3S/c1-2-29-19-12-10-18(11-13-19)26(24(28)16-6-5-7-17(25)14-16)15-22-23(27)20-8-3-4-9-21(20)30-22/h3-15H,2H2,1H3/b22-15-. The fourth-order valence-electron chi connectivity index (χ4n) is 3.12. The van der Waals surface area contributed by atoms with Gasteiger partial charge in [0.1, 0.15) is 5.75 Å². The molecule has 0 spiro atoms. The molecule has 1 aliphatic heterocycles. The first-order valence-electron chi connectivity index (χ1n) is 9.42. The normalized spacial score (nSPS) is 13.9. The topological polar surface area (TPSA) is 46.6 Å². The number of nitrogens with zero attached hydrogens (tertiary/aromatic N) is 1. The van der Waals surface area contributed by atoms with Crippen molar-refractivity contribution in [3.05, 3.63) is 100 Å². The maximum atomic E-state index is 13.3. The molecule has 0 radical (unpaired) electrons. The summed E-state index contributed by atoms with van der Waals surface area (Å²) in [7, 11) is 0. The van der Waals surface area contributed by atoms with Gasteiger partial charge < -0.3 is 4.74 Å². The number of anilines is 1. The molecule has 1 amide bonds. The largest absolute Gasteiger partial charge is 0.494 e. The van der Waals surface area contributed by atoms with E-state index in [0.717, 1.165) is 4.90 Å². The Morgan fingerprint density at radius 1 is 1.07 bits per heavy atom. The predicted octanol–water partition coefficient (Wildman–Crippen LogP) is 6.22. The lowest BCUT2D eigenvalue weighted by Crippen LogP contribution is -2.26. The van der Waals surface area contributed by atoms with E-state index in [0.29, 0.717) is 39.1 Å². The van der Waals surface area contributed by atoms with Gasteiger partial charge in [-0.2, -0.15) is 0 Å². The highest BCUT2D eigenvalue weighted by Gasteiger charge is 2.28. The molecule has 3 aromatic carbocycles. The minimum absolute atomic E-state index is 0.0922. The number of halogens is 1. The number of carbonyl (C=O) groups is 2. The monoisotopic (exact) mass is 435 g/mol. The second-order valence-corrected chi connectivity index (χ2v) is 8.05. The summed E-state index contributed by atoms with van der Waals surface area (Å²) in [6.07, 6.45) is 1.60. The number of thioether (sulfide) groups is 1. The van der Waals surface area contributed by atoms with Crippen LogP contribution in [0.15, 0.2) is 88.8 Å². The molecule has 0 aliphatic carbocycles. The van der Waals surface area contributed by atoms with Crippen LogP contribution in [0, 0.1) is 0 Å². The minimum Gasteiger partial charge on any atom is -0.494 e. The molecule has 1 aliphatic rings. The van der Waals surface area contributed by atoms with Crippen molar-refractivity contribution in [2.75, 3.05) is 11.5 Å². The first-order chi connectivity index (χ1) is 14.6. The Kier molecular flexibility index (Phi) is 5.93. The summed E-state index contributed by atoms with van der Waals surface area (Å²) >= 11 is 7.45. The number of fused-ring (bicyclic) bond motifs is 1. The highest BCUT2D eigenvalue weighted by Crippen LogP contribution is 2.40. The lowest BCUT2D eigenvalue weighted by Gasteiger charge is -2.20. The molecule has 4 nitrogen and oxygen atoms in total. The number of amides is 1. The molecule has 1 heterocycles. The zero-order valence-electron chi connectivity index (χ0n) is 16.2. The van der Waals surface area contributed by atoms with Crippen molar-refractivity contribution in [3.8, 4) is 5.75 Å². The Morgan fingerprint density at radius 3 is 2.53 bits per heavy atom. The zero-order chi connectivity index (χ0) is 21.1. The lowest BCUT2D eigenvalue weighted by atomic mass is 10.1. The van der Waals surface area contributed by atoms with Crippen LogP contribution in [-0.4, -0.2) is 18.3 Å². The summed E-state index contributed by atoms with van der Waals surface area (Å²) in [6.45, 7) is 2.46. The van der Waals surface area contributed by atoms with E-state index in [1.165, 1.54) is 16.7 Å². The van der Waals surface area contributed by atoms with E-state index in [1.807, 2.05) is 25.1 Å². The maximum absolute atomic E-state index is 13.3. The van der Waals surface area contributed by atoms with Gasteiger partial charge in [-0.05, 0) is 61.5 Å². The van der Waals surface area contributed by atoms with Crippen molar-refractivity contribution >= 4 is 40.7 Å². The van der Waals surface area contributed by atoms with Gasteiger partial charge in [-0.25, -0.2) is 0 Å². The summed E-state index contributed by atoms with van der Waals surface area (Å²) < 4.78 is 5.50. The second kappa shape index (κ2) is 8.78. The van der Waals surface area contributed by atoms with Crippen LogP contribution in [-0.2, 0) is 0 Å². The molecule has 0 unspecified atom stereocenters. The van der Waals surface area contributed by atoms with E-state index in [9.17, 15) is 9.59 Å². The average Bonchev–Trinajstić information content (AvgIpc) is 3.08. The molecule has 6 heteroatoms. The van der Waals surface area contributed by atoms with Crippen molar-refractivity contribution < 1.29 is 14.3 Å². The van der Waals surface area contributed by atoms with Crippen molar-refractivity contribution in [2.45, 2.75) is 11.8 Å². The fraction of sp³-hybridized carbons (Fsp3) is 0.0833. The average molecular weight is 436 g/mol. The molecule has 150 valence electrons. The Bertz CT molecular complexity index is 1140. The van der Waals surface area contributed by atoms with Crippen LogP contribution in [0.4, 0.5) is 5.69 Å². The number of hydrogen-bond acceptors (Lipinski definition) is 4. The number of ketones is 1. The number of benzene rings is 3. The number of allylic oxidation sites excluding steroid dienone is 1. The molecular weight excluding hydrogens is 418 g/mol. The van der Waals surface area contributed by atoms with Gasteiger partial charge in [-0.15, -0.1) is 0 Å². The number of hydrogen-bond donors (Lipinski definition) is 0. The summed E-state index contributed by atoms with van der Waals surface area (Å²) in [5.74, 6) is 0.340. The summed E-state index contributed by atoms with van der Waals surface area (Å²) in [5.41, 5.74) is 1.71. The van der Waals surface area contributed by atoms with Gasteiger partial charge in [0.2, 0.25) is 5.78 Å². The molecule has 0 N–H and O–H groups in total. The molecule has 0 atom stereocenters. The summed E-state index contributed by atoms with van der Waals surface area (Å²) in [5, 5.41) is 0.471. The van der Waals surface area contributed by atoms with Crippen molar-refractivity contribution in [1.29, 1.82) is 0 Å². The van der Waals surface area contributed by atoms with E-state index in [1.54, 1.807) is 60.8 Å². The first kappa shape index (κ1) is 20.3. The quantitative estimate of drug-likeness (QED) is 0.446. The predicted molar refractivity (Wildman–Crippen MR) is 121 cm³/mol. The van der Waals surface area contributed by atoms with Gasteiger partial charge in [0.15, 0.2) is 0 Å². The van der Waals surface area contributed by atoms with Crippen LogP contribution in [0.5, 0.6) is 5.75 Å². The highest BCUT2D eigenvalue weighted by atomic mass is 35.5. The van der Waals surface area contributed by atoms with Crippen LogP contribution in [0.1, 0.15) is 27.6 Å². The van der Waals surface area contributed by atoms with Gasteiger partial charge in [-0.1, -0.05) is 41.6 Å².